The van der Waals surface area contributed by atoms with Gasteiger partial charge in [0, 0.05) is 6.54 Å². The molecule has 0 aliphatic carbocycles. The van der Waals surface area contributed by atoms with Crippen molar-refractivity contribution in [2.45, 2.75) is 12.1 Å². The fourth-order valence-corrected chi connectivity index (χ4v) is 0.121. The number of carboxylic acid groups (broad SMARTS) is 1. The van der Waals surface area contributed by atoms with Gasteiger partial charge in [-0.3, -0.25) is 0 Å². The maximum absolute atomic E-state index is 11.3. The molecule has 0 amide bonds. The van der Waals surface area contributed by atoms with Crippen LogP contribution in [0.4, 0.5) is 22.0 Å². The molecule has 0 bridgehead atoms. The van der Waals surface area contributed by atoms with Crippen LogP contribution in [0, 0.1) is 0 Å². The van der Waals surface area contributed by atoms with Crippen LogP contribution < -0.4 is 5.73 Å². The quantitative estimate of drug-likeness (QED) is 0.586. The number of aliphatic hydroxyl groups is 1. The Morgan fingerprint density at radius 1 is 1.21 bits per heavy atom. The van der Waals surface area contributed by atoms with Crippen molar-refractivity contribution in [3.63, 3.8) is 0 Å². The summed E-state index contributed by atoms with van der Waals surface area (Å²) >= 11 is 0. The van der Waals surface area contributed by atoms with Gasteiger partial charge < -0.3 is 15.9 Å². The summed E-state index contributed by atoms with van der Waals surface area (Å²) in [6.45, 7) is 0.472. The first-order chi connectivity index (χ1) is 6.11. The van der Waals surface area contributed by atoms with E-state index in [2.05, 4.69) is 0 Å². The Balaban J connectivity index is 0. The highest BCUT2D eigenvalue weighted by atomic mass is 19.4. The van der Waals surface area contributed by atoms with Crippen molar-refractivity contribution >= 4 is 5.97 Å². The number of hydrogen-bond donors (Lipinski definition) is 3. The zero-order valence-electron chi connectivity index (χ0n) is 6.68. The third kappa shape index (κ3) is 4.92. The van der Waals surface area contributed by atoms with Gasteiger partial charge in [-0.05, 0) is 0 Å². The van der Waals surface area contributed by atoms with Crippen LogP contribution in [0.2, 0.25) is 0 Å². The van der Waals surface area contributed by atoms with Crippen molar-refractivity contribution < 1.29 is 37.0 Å². The fourth-order valence-electron chi connectivity index (χ4n) is 0.121. The number of nitrogens with two attached hydrogens (primary N) is 1. The predicted octanol–water partition coefficient (Wildman–Crippen LogP) is 0.206. The Bertz CT molecular complexity index is 179. The van der Waals surface area contributed by atoms with Gasteiger partial charge in [-0.2, -0.15) is 22.0 Å². The van der Waals surface area contributed by atoms with Gasteiger partial charge in [0.15, 0.2) is 0 Å². The molecule has 0 radical (unpaired) electrons. The minimum Gasteiger partial charge on any atom is -0.477 e. The average Bonchev–Trinajstić information content (AvgIpc) is 2.02. The number of aliphatic hydroxyl groups excluding tert-OH is 1. The molecular weight excluding hydrogens is 217 g/mol. The highest BCUT2D eigenvalue weighted by Gasteiger charge is 2.64. The van der Waals surface area contributed by atoms with E-state index in [1.807, 2.05) is 0 Å². The second-order valence-corrected chi connectivity index (χ2v) is 1.89. The molecule has 0 heterocycles. The van der Waals surface area contributed by atoms with Gasteiger partial charge in [0.25, 0.3) is 0 Å². The lowest BCUT2D eigenvalue weighted by molar-refractivity contribution is -0.277. The Morgan fingerprint density at radius 2 is 1.50 bits per heavy atom. The summed E-state index contributed by atoms with van der Waals surface area (Å²) in [6, 6.07) is 0. The van der Waals surface area contributed by atoms with Crippen LogP contribution in [-0.2, 0) is 4.79 Å². The molecular formula is C5H8F5NO3. The van der Waals surface area contributed by atoms with Crippen LogP contribution in [0.1, 0.15) is 0 Å². The molecule has 14 heavy (non-hydrogen) atoms. The van der Waals surface area contributed by atoms with Gasteiger partial charge >= 0.3 is 18.1 Å². The minimum atomic E-state index is -6.02. The molecule has 0 saturated carbocycles. The molecule has 0 saturated heterocycles. The van der Waals surface area contributed by atoms with Crippen LogP contribution in [0.3, 0.4) is 0 Å². The topological polar surface area (TPSA) is 83.5 Å². The zero-order valence-corrected chi connectivity index (χ0v) is 6.68. The smallest absolute Gasteiger partial charge is 0.465 e. The Labute approximate surface area is 75.1 Å². The predicted molar refractivity (Wildman–Crippen MR) is 34.8 cm³/mol. The highest BCUT2D eigenvalue weighted by molar-refractivity contribution is 5.76. The van der Waals surface area contributed by atoms with E-state index in [-0.39, 0.29) is 6.61 Å². The second kappa shape index (κ2) is 5.70. The number of rotatable bonds is 2. The van der Waals surface area contributed by atoms with E-state index in [1.54, 1.807) is 0 Å². The van der Waals surface area contributed by atoms with Crippen molar-refractivity contribution in [2.75, 3.05) is 13.2 Å². The molecule has 0 unspecified atom stereocenters. The zero-order chi connectivity index (χ0) is 12.0. The average molecular weight is 225 g/mol. The normalized spacial score (nSPS) is 11.6. The van der Waals surface area contributed by atoms with Gasteiger partial charge in [0.05, 0.1) is 6.61 Å². The minimum absolute atomic E-state index is 0.0972. The van der Waals surface area contributed by atoms with Gasteiger partial charge in [-0.15, -0.1) is 0 Å². The van der Waals surface area contributed by atoms with Gasteiger partial charge in [0.1, 0.15) is 0 Å². The number of halogens is 5. The van der Waals surface area contributed by atoms with E-state index in [9.17, 15) is 26.7 Å². The van der Waals surface area contributed by atoms with Gasteiger partial charge in [-0.25, -0.2) is 4.79 Å². The van der Waals surface area contributed by atoms with Crippen molar-refractivity contribution in [3.05, 3.63) is 0 Å². The van der Waals surface area contributed by atoms with E-state index in [0.29, 0.717) is 6.54 Å². The molecule has 86 valence electrons. The summed E-state index contributed by atoms with van der Waals surface area (Å²) in [5, 5.41) is 15.1. The molecule has 4 N–H and O–H groups in total. The highest BCUT2D eigenvalue weighted by Crippen LogP contribution is 2.35. The third-order valence-electron chi connectivity index (χ3n) is 0.754. The molecule has 0 aromatic carbocycles. The van der Waals surface area contributed by atoms with Crippen LogP contribution in [0.5, 0.6) is 0 Å². The molecule has 0 aliphatic rings. The molecule has 0 aromatic rings. The summed E-state index contributed by atoms with van der Waals surface area (Å²) in [7, 11) is 0. The third-order valence-corrected chi connectivity index (χ3v) is 0.754. The van der Waals surface area contributed by atoms with E-state index in [1.165, 1.54) is 0 Å². The first-order valence-corrected chi connectivity index (χ1v) is 3.10. The van der Waals surface area contributed by atoms with Gasteiger partial charge in [-0.1, -0.05) is 0 Å². The van der Waals surface area contributed by atoms with E-state index >= 15 is 0 Å². The monoisotopic (exact) mass is 225 g/mol. The lowest BCUT2D eigenvalue weighted by Gasteiger charge is -2.13. The first-order valence-electron chi connectivity index (χ1n) is 3.10. The fraction of sp³-hybridized carbons (Fsp3) is 0.800. The Hall–Kier alpha value is -0.960. The number of alkyl halides is 5. The number of carbonyl (C=O) groups is 1. The van der Waals surface area contributed by atoms with Crippen molar-refractivity contribution in [1.29, 1.82) is 0 Å². The number of hydrogen-bond acceptors (Lipinski definition) is 3. The summed E-state index contributed by atoms with van der Waals surface area (Å²) in [6.07, 6.45) is -6.02. The largest absolute Gasteiger partial charge is 0.477 e. The van der Waals surface area contributed by atoms with Crippen molar-refractivity contribution in [1.82, 2.24) is 0 Å². The molecule has 4 nitrogen and oxygen atoms in total. The molecule has 0 fully saturated rings. The molecule has 0 atom stereocenters. The van der Waals surface area contributed by atoms with E-state index < -0.39 is 18.1 Å². The molecule has 0 spiro atoms. The molecule has 0 aromatic heterocycles. The van der Waals surface area contributed by atoms with Crippen molar-refractivity contribution in [2.24, 2.45) is 5.73 Å². The summed E-state index contributed by atoms with van der Waals surface area (Å²) in [5.41, 5.74) is 4.78. The summed E-state index contributed by atoms with van der Waals surface area (Å²) < 4.78 is 55.5. The Kier molecular flexibility index (Phi) is 6.32. The van der Waals surface area contributed by atoms with Crippen LogP contribution in [0.25, 0.3) is 0 Å². The maximum Gasteiger partial charge on any atom is 0.465 e. The summed E-state index contributed by atoms with van der Waals surface area (Å²) in [4.78, 5) is 9.20. The second-order valence-electron chi connectivity index (χ2n) is 1.89. The van der Waals surface area contributed by atoms with Crippen molar-refractivity contribution in [3.8, 4) is 0 Å². The first kappa shape index (κ1) is 15.5. The maximum atomic E-state index is 11.3. The summed E-state index contributed by atoms with van der Waals surface area (Å²) in [5.74, 6) is -8.84. The molecule has 0 aliphatic heterocycles. The lowest BCUT2D eigenvalue weighted by atomic mass is 10.3. The standard InChI is InChI=1S/C3HF5O2.C2H7NO/c4-2(5,1(9)10)3(6,7)8;3-1-2-4/h(H,9,10);4H,1-3H2. The van der Waals surface area contributed by atoms with Crippen LogP contribution >= 0.6 is 0 Å². The lowest BCUT2D eigenvalue weighted by Crippen LogP contribution is -2.43. The molecule has 0 rings (SSSR count). The van der Waals surface area contributed by atoms with Crippen LogP contribution in [0.15, 0.2) is 0 Å². The van der Waals surface area contributed by atoms with E-state index in [0.717, 1.165) is 0 Å². The van der Waals surface area contributed by atoms with E-state index in [4.69, 9.17) is 15.9 Å². The SMILES string of the molecule is NCCO.O=C(O)C(F)(F)C(F)(F)F. The van der Waals surface area contributed by atoms with Gasteiger partial charge in [0.2, 0.25) is 0 Å². The number of carboxylic acids is 1. The van der Waals surface area contributed by atoms with Crippen LogP contribution in [-0.4, -0.2) is 41.4 Å². The molecule has 9 heteroatoms. The number of aliphatic carboxylic acids is 1. The Morgan fingerprint density at radius 3 is 1.50 bits per heavy atom.